The van der Waals surface area contributed by atoms with Crippen LogP contribution in [-0.4, -0.2) is 26.2 Å². The first-order chi connectivity index (χ1) is 12.3. The fraction of sp³-hybridized carbons (Fsp3) is 0.263. The van der Waals surface area contributed by atoms with Crippen molar-refractivity contribution in [2.24, 2.45) is 5.92 Å². The van der Waals surface area contributed by atoms with E-state index in [0.29, 0.717) is 27.6 Å². The molecule has 1 heterocycles. The van der Waals surface area contributed by atoms with E-state index in [-0.39, 0.29) is 0 Å². The van der Waals surface area contributed by atoms with E-state index >= 15 is 0 Å². The minimum absolute atomic E-state index is 0.314. The second-order valence-electron chi connectivity index (χ2n) is 5.68. The van der Waals surface area contributed by atoms with E-state index in [9.17, 15) is 9.59 Å². The minimum Gasteiger partial charge on any atom is -0.466 e. The Bertz CT molecular complexity index is 786. The predicted molar refractivity (Wildman–Crippen MR) is 104 cm³/mol. The number of hydrogen-bond acceptors (Lipinski definition) is 5. The Labute approximate surface area is 165 Å². The lowest BCUT2D eigenvalue weighted by Crippen LogP contribution is -2.32. The quantitative estimate of drug-likeness (QED) is 0.713. The second kappa shape index (κ2) is 8.56. The van der Waals surface area contributed by atoms with Gasteiger partial charge in [0.25, 0.3) is 0 Å². The summed E-state index contributed by atoms with van der Waals surface area (Å²) in [5.41, 5.74) is 2.59. The monoisotopic (exact) mass is 439 g/mol. The number of halogens is 2. The van der Waals surface area contributed by atoms with Gasteiger partial charge in [0.15, 0.2) is 0 Å². The molecule has 2 rings (SSSR count). The Kier molecular flexibility index (Phi) is 6.67. The number of hydrogen-bond donors (Lipinski definition) is 1. The molecule has 0 saturated heterocycles. The Morgan fingerprint density at radius 1 is 1.04 bits per heavy atom. The maximum Gasteiger partial charge on any atom is 0.336 e. The van der Waals surface area contributed by atoms with Crippen molar-refractivity contribution in [2.45, 2.75) is 13.8 Å². The molecule has 1 aromatic rings. The third-order valence-electron chi connectivity index (χ3n) is 4.05. The van der Waals surface area contributed by atoms with Crippen molar-refractivity contribution < 1.29 is 19.1 Å². The second-order valence-corrected chi connectivity index (χ2v) is 7.01. The summed E-state index contributed by atoms with van der Waals surface area (Å²) < 4.78 is 10.7. The molecule has 5 nitrogen and oxygen atoms in total. The van der Waals surface area contributed by atoms with Gasteiger partial charge in [-0.3, -0.25) is 0 Å². The summed E-state index contributed by atoms with van der Waals surface area (Å²) in [7, 11) is 2.59. The van der Waals surface area contributed by atoms with Crippen LogP contribution in [0.3, 0.4) is 0 Å². The summed E-state index contributed by atoms with van der Waals surface area (Å²) in [6.07, 6.45) is 1.66. The molecule has 0 spiro atoms. The van der Waals surface area contributed by atoms with E-state index in [4.69, 9.17) is 21.1 Å². The lowest BCUT2D eigenvalue weighted by Gasteiger charge is -2.28. The van der Waals surface area contributed by atoms with Gasteiger partial charge in [0.05, 0.1) is 25.4 Å². The number of esters is 2. The van der Waals surface area contributed by atoms with Crippen LogP contribution >= 0.6 is 27.5 Å². The topological polar surface area (TPSA) is 64.6 Å². The number of ether oxygens (including phenoxy) is 2. The molecular formula is C19H19BrClNO4. The molecule has 138 valence electrons. The molecule has 1 aliphatic heterocycles. The van der Waals surface area contributed by atoms with Crippen molar-refractivity contribution in [3.63, 3.8) is 0 Å². The first-order valence-corrected chi connectivity index (χ1v) is 8.95. The number of nitrogens with one attached hydrogen (secondary N) is 1. The van der Waals surface area contributed by atoms with Crippen LogP contribution in [-0.2, 0) is 19.1 Å². The summed E-state index contributed by atoms with van der Waals surface area (Å²) in [4.78, 5) is 24.7. The Morgan fingerprint density at radius 2 is 1.50 bits per heavy atom. The zero-order chi connectivity index (χ0) is 19.4. The Morgan fingerprint density at radius 3 is 1.92 bits per heavy atom. The third-order valence-corrected chi connectivity index (χ3v) is 4.92. The van der Waals surface area contributed by atoms with Crippen molar-refractivity contribution in [3.8, 4) is 0 Å². The minimum atomic E-state index is -0.688. The number of carbonyl (C=O) groups excluding carboxylic acids is 2. The molecule has 7 heteroatoms. The van der Waals surface area contributed by atoms with Gasteiger partial charge >= 0.3 is 11.9 Å². The van der Waals surface area contributed by atoms with Gasteiger partial charge in [0.2, 0.25) is 0 Å². The largest absolute Gasteiger partial charge is 0.466 e. The number of rotatable bonds is 4. The van der Waals surface area contributed by atoms with Gasteiger partial charge in [-0.2, -0.15) is 0 Å². The molecule has 0 radical (unpaired) electrons. The van der Waals surface area contributed by atoms with Crippen LogP contribution in [0.4, 0.5) is 0 Å². The molecule has 26 heavy (non-hydrogen) atoms. The van der Waals surface area contributed by atoms with E-state index in [1.807, 2.05) is 24.3 Å². The molecule has 0 aromatic heterocycles. The number of carbonyl (C=O) groups is 2. The van der Waals surface area contributed by atoms with Gasteiger partial charge < -0.3 is 14.8 Å². The highest BCUT2D eigenvalue weighted by molar-refractivity contribution is 9.10. The van der Waals surface area contributed by atoms with Crippen LogP contribution in [0.1, 0.15) is 19.4 Å². The molecule has 0 amide bonds. The molecule has 0 atom stereocenters. The Hall–Kier alpha value is -2.05. The lowest BCUT2D eigenvalue weighted by molar-refractivity contribution is -0.137. The zero-order valence-corrected chi connectivity index (χ0v) is 17.2. The van der Waals surface area contributed by atoms with Gasteiger partial charge in [-0.15, -0.1) is 0 Å². The van der Waals surface area contributed by atoms with Gasteiger partial charge in [-0.1, -0.05) is 45.7 Å². The summed E-state index contributed by atoms with van der Waals surface area (Å²) in [6.45, 7) is 3.50. The van der Waals surface area contributed by atoms with E-state index < -0.39 is 17.9 Å². The standard InChI is InChI=1S/C19H19BrClNO4/c1-10-16(18(23)25-3)14(17(11(2)22-10)19(24)26-4)9-15(21)12-5-7-13(20)8-6-12/h5-9,14,22H,1-4H3/b15-9-. The van der Waals surface area contributed by atoms with Crippen LogP contribution in [0.25, 0.3) is 5.03 Å². The number of benzene rings is 1. The highest BCUT2D eigenvalue weighted by atomic mass is 79.9. The van der Waals surface area contributed by atoms with E-state index in [1.165, 1.54) is 14.2 Å². The maximum absolute atomic E-state index is 12.3. The number of dihydropyridines is 1. The van der Waals surface area contributed by atoms with Crippen molar-refractivity contribution in [3.05, 3.63) is 62.9 Å². The lowest BCUT2D eigenvalue weighted by atomic mass is 9.84. The van der Waals surface area contributed by atoms with E-state index in [1.54, 1.807) is 19.9 Å². The molecule has 0 aliphatic carbocycles. The SMILES string of the molecule is COC(=O)C1=C(C)NC(C)=C(C(=O)OC)C1/C=C(\Cl)c1ccc(Br)cc1. The molecule has 1 aromatic carbocycles. The molecule has 0 bridgehead atoms. The first kappa shape index (κ1) is 20.3. The molecule has 1 aliphatic rings. The van der Waals surface area contributed by atoms with Crippen LogP contribution in [0.15, 0.2) is 57.4 Å². The smallest absolute Gasteiger partial charge is 0.336 e. The van der Waals surface area contributed by atoms with Crippen molar-refractivity contribution in [1.29, 1.82) is 0 Å². The van der Waals surface area contributed by atoms with Gasteiger partial charge in [-0.05, 0) is 31.5 Å². The Balaban J connectivity index is 2.60. The van der Waals surface area contributed by atoms with E-state index in [0.717, 1.165) is 10.0 Å². The average Bonchev–Trinajstić information content (AvgIpc) is 2.61. The van der Waals surface area contributed by atoms with Crippen LogP contribution in [0, 0.1) is 5.92 Å². The van der Waals surface area contributed by atoms with Crippen molar-refractivity contribution in [1.82, 2.24) is 5.32 Å². The predicted octanol–water partition coefficient (Wildman–Crippen LogP) is 4.14. The number of allylic oxidation sites excluding steroid dienone is 3. The van der Waals surface area contributed by atoms with Crippen molar-refractivity contribution in [2.75, 3.05) is 14.2 Å². The molecule has 1 N–H and O–H groups in total. The molecule has 0 unspecified atom stereocenters. The normalized spacial score (nSPS) is 15.7. The first-order valence-electron chi connectivity index (χ1n) is 7.78. The highest BCUT2D eigenvalue weighted by Crippen LogP contribution is 2.35. The van der Waals surface area contributed by atoms with Crippen LogP contribution < -0.4 is 5.32 Å². The zero-order valence-electron chi connectivity index (χ0n) is 14.9. The fourth-order valence-electron chi connectivity index (χ4n) is 2.83. The average molecular weight is 441 g/mol. The van der Waals surface area contributed by atoms with E-state index in [2.05, 4.69) is 21.2 Å². The van der Waals surface area contributed by atoms with Gasteiger partial charge in [0, 0.05) is 26.8 Å². The summed E-state index contributed by atoms with van der Waals surface area (Å²) >= 11 is 9.87. The van der Waals surface area contributed by atoms with Gasteiger partial charge in [-0.25, -0.2) is 9.59 Å². The van der Waals surface area contributed by atoms with Crippen molar-refractivity contribution >= 4 is 44.5 Å². The summed E-state index contributed by atoms with van der Waals surface area (Å²) in [6, 6.07) is 7.40. The molecular weight excluding hydrogens is 422 g/mol. The maximum atomic E-state index is 12.3. The van der Waals surface area contributed by atoms with Crippen LogP contribution in [0.2, 0.25) is 0 Å². The molecule has 0 fully saturated rings. The molecule has 0 saturated carbocycles. The third kappa shape index (κ3) is 4.19. The highest BCUT2D eigenvalue weighted by Gasteiger charge is 2.35. The van der Waals surface area contributed by atoms with Gasteiger partial charge in [0.1, 0.15) is 0 Å². The summed E-state index contributed by atoms with van der Waals surface area (Å²) in [5.74, 6) is -1.76. The fourth-order valence-corrected chi connectivity index (χ4v) is 3.34. The summed E-state index contributed by atoms with van der Waals surface area (Å²) in [5, 5.41) is 3.45. The number of methoxy groups -OCH3 is 2. The van der Waals surface area contributed by atoms with Crippen LogP contribution in [0.5, 0.6) is 0 Å².